The van der Waals surface area contributed by atoms with E-state index in [4.69, 9.17) is 0 Å². The molecule has 0 bridgehead atoms. The van der Waals surface area contributed by atoms with Crippen LogP contribution >= 0.6 is 0 Å². The number of hydrogen-bond donors (Lipinski definition) is 1. The minimum atomic E-state index is -3.19. The fraction of sp³-hybridized carbons (Fsp3) is 0.667. The first-order valence-corrected chi connectivity index (χ1v) is 7.83. The molecule has 0 aliphatic carbocycles. The monoisotopic (exact) mass is 286 g/mol. The molecule has 0 fully saturated rings. The number of rotatable bonds is 6. The van der Waals surface area contributed by atoms with Crippen molar-refractivity contribution in [3.63, 3.8) is 0 Å². The SMILES string of the molecule is Cc1cc(C(C)C)nc(NCCS(=O)(=O)N(C)C)n1. The van der Waals surface area contributed by atoms with Gasteiger partial charge in [0.25, 0.3) is 0 Å². The van der Waals surface area contributed by atoms with Crippen LogP contribution in [0.1, 0.15) is 31.2 Å². The van der Waals surface area contributed by atoms with Gasteiger partial charge in [0.05, 0.1) is 5.75 Å². The Bertz CT molecular complexity index is 527. The minimum Gasteiger partial charge on any atom is -0.353 e. The Balaban J connectivity index is 2.69. The van der Waals surface area contributed by atoms with Gasteiger partial charge in [-0.25, -0.2) is 22.7 Å². The lowest BCUT2D eigenvalue weighted by atomic mass is 10.1. The van der Waals surface area contributed by atoms with Gasteiger partial charge in [-0.3, -0.25) is 0 Å². The van der Waals surface area contributed by atoms with Crippen molar-refractivity contribution in [3.05, 3.63) is 17.5 Å². The summed E-state index contributed by atoms with van der Waals surface area (Å²) in [4.78, 5) is 8.62. The molecule has 0 spiro atoms. The zero-order chi connectivity index (χ0) is 14.6. The molecule has 1 aromatic heterocycles. The summed E-state index contributed by atoms with van der Waals surface area (Å²) in [6.45, 7) is 6.31. The number of sulfonamides is 1. The van der Waals surface area contributed by atoms with E-state index >= 15 is 0 Å². The van der Waals surface area contributed by atoms with Crippen LogP contribution in [0.4, 0.5) is 5.95 Å². The molecular formula is C12H22N4O2S. The molecule has 0 aliphatic heterocycles. The van der Waals surface area contributed by atoms with Crippen LogP contribution in [-0.4, -0.2) is 49.1 Å². The van der Waals surface area contributed by atoms with E-state index < -0.39 is 10.0 Å². The largest absolute Gasteiger partial charge is 0.353 e. The molecule has 19 heavy (non-hydrogen) atoms. The van der Waals surface area contributed by atoms with Gasteiger partial charge in [0, 0.05) is 32.0 Å². The number of aryl methyl sites for hydroxylation is 1. The molecule has 1 rings (SSSR count). The van der Waals surface area contributed by atoms with Crippen LogP contribution in [0.3, 0.4) is 0 Å². The predicted octanol–water partition coefficient (Wildman–Crippen LogP) is 1.21. The fourth-order valence-electron chi connectivity index (χ4n) is 1.44. The van der Waals surface area contributed by atoms with Gasteiger partial charge in [0.15, 0.2) is 0 Å². The van der Waals surface area contributed by atoms with E-state index in [1.165, 1.54) is 18.4 Å². The zero-order valence-corrected chi connectivity index (χ0v) is 13.0. The van der Waals surface area contributed by atoms with Crippen molar-refractivity contribution in [1.82, 2.24) is 14.3 Å². The summed E-state index contributed by atoms with van der Waals surface area (Å²) in [6, 6.07) is 1.94. The molecule has 0 atom stereocenters. The average molecular weight is 286 g/mol. The standard InChI is InChI=1S/C12H22N4O2S/c1-9(2)11-8-10(3)14-12(15-11)13-6-7-19(17,18)16(4)5/h8-9H,6-7H2,1-5H3,(H,13,14,15). The van der Waals surface area contributed by atoms with Gasteiger partial charge >= 0.3 is 0 Å². The highest BCUT2D eigenvalue weighted by atomic mass is 32.2. The lowest BCUT2D eigenvalue weighted by molar-refractivity contribution is 0.521. The third-order valence-corrected chi connectivity index (χ3v) is 4.50. The maximum absolute atomic E-state index is 11.6. The first-order valence-electron chi connectivity index (χ1n) is 6.22. The van der Waals surface area contributed by atoms with Crippen molar-refractivity contribution in [1.29, 1.82) is 0 Å². The first kappa shape index (κ1) is 15.8. The van der Waals surface area contributed by atoms with Gasteiger partial charge in [-0.15, -0.1) is 0 Å². The van der Waals surface area contributed by atoms with Crippen molar-refractivity contribution in [2.45, 2.75) is 26.7 Å². The fourth-order valence-corrected chi connectivity index (χ4v) is 2.17. The Kier molecular flexibility index (Phi) is 5.25. The van der Waals surface area contributed by atoms with E-state index in [1.54, 1.807) is 0 Å². The van der Waals surface area contributed by atoms with Crippen molar-refractivity contribution in [2.24, 2.45) is 0 Å². The molecule has 1 N–H and O–H groups in total. The quantitative estimate of drug-likeness (QED) is 0.851. The molecule has 7 heteroatoms. The van der Waals surface area contributed by atoms with Crippen LogP contribution in [0, 0.1) is 6.92 Å². The van der Waals surface area contributed by atoms with Gasteiger partial charge in [0.1, 0.15) is 0 Å². The zero-order valence-electron chi connectivity index (χ0n) is 12.1. The van der Waals surface area contributed by atoms with E-state index in [1.807, 2.05) is 13.0 Å². The highest BCUT2D eigenvalue weighted by molar-refractivity contribution is 7.89. The second-order valence-electron chi connectivity index (χ2n) is 4.94. The molecule has 0 aliphatic rings. The number of nitrogens with one attached hydrogen (secondary N) is 1. The van der Waals surface area contributed by atoms with Crippen molar-refractivity contribution >= 4 is 16.0 Å². The molecule has 1 heterocycles. The average Bonchev–Trinajstić information content (AvgIpc) is 2.27. The molecule has 0 radical (unpaired) electrons. The third-order valence-electron chi connectivity index (χ3n) is 2.67. The first-order chi connectivity index (χ1) is 8.72. The van der Waals surface area contributed by atoms with Gasteiger partial charge in [0.2, 0.25) is 16.0 Å². The second-order valence-corrected chi connectivity index (χ2v) is 7.24. The molecule has 0 unspecified atom stereocenters. The Morgan fingerprint density at radius 2 is 1.95 bits per heavy atom. The summed E-state index contributed by atoms with van der Waals surface area (Å²) >= 11 is 0. The van der Waals surface area contributed by atoms with Crippen molar-refractivity contribution < 1.29 is 8.42 Å². The molecule has 1 aromatic rings. The lowest BCUT2D eigenvalue weighted by Crippen LogP contribution is -2.28. The summed E-state index contributed by atoms with van der Waals surface area (Å²) < 4.78 is 24.4. The van der Waals surface area contributed by atoms with E-state index in [9.17, 15) is 8.42 Å². The topological polar surface area (TPSA) is 75.2 Å². The Morgan fingerprint density at radius 1 is 1.32 bits per heavy atom. The number of aromatic nitrogens is 2. The smallest absolute Gasteiger partial charge is 0.223 e. The number of nitrogens with zero attached hydrogens (tertiary/aromatic N) is 3. The van der Waals surface area contributed by atoms with Gasteiger partial charge in [-0.1, -0.05) is 13.8 Å². The van der Waals surface area contributed by atoms with Gasteiger partial charge < -0.3 is 5.32 Å². The molecular weight excluding hydrogens is 264 g/mol. The summed E-state index contributed by atoms with van der Waals surface area (Å²) in [6.07, 6.45) is 0. The van der Waals surface area contributed by atoms with E-state index in [0.29, 0.717) is 18.4 Å². The summed E-state index contributed by atoms with van der Waals surface area (Å²) in [5.74, 6) is 0.819. The molecule has 0 saturated carbocycles. The van der Waals surface area contributed by atoms with Crippen LogP contribution in [0.2, 0.25) is 0 Å². The Hall–Kier alpha value is -1.21. The Labute approximate surface area is 115 Å². The van der Waals surface area contributed by atoms with Crippen LogP contribution < -0.4 is 5.32 Å². The highest BCUT2D eigenvalue weighted by Crippen LogP contribution is 2.14. The maximum atomic E-state index is 11.6. The highest BCUT2D eigenvalue weighted by Gasteiger charge is 2.13. The van der Waals surface area contributed by atoms with E-state index in [0.717, 1.165) is 11.4 Å². The molecule has 6 nitrogen and oxygen atoms in total. The summed E-state index contributed by atoms with van der Waals surface area (Å²) in [5, 5.41) is 2.96. The number of hydrogen-bond acceptors (Lipinski definition) is 5. The molecule has 108 valence electrons. The minimum absolute atomic E-state index is 0.0221. The normalized spacial score (nSPS) is 12.2. The summed E-state index contributed by atoms with van der Waals surface area (Å²) in [5.41, 5.74) is 1.82. The van der Waals surface area contributed by atoms with Crippen molar-refractivity contribution in [2.75, 3.05) is 31.7 Å². The van der Waals surface area contributed by atoms with E-state index in [-0.39, 0.29) is 5.75 Å². The molecule has 0 saturated heterocycles. The van der Waals surface area contributed by atoms with Crippen LogP contribution in [-0.2, 0) is 10.0 Å². The van der Waals surface area contributed by atoms with Crippen LogP contribution in [0.25, 0.3) is 0 Å². The van der Waals surface area contributed by atoms with Gasteiger partial charge in [-0.05, 0) is 18.9 Å². The number of anilines is 1. The molecule has 0 aromatic carbocycles. The van der Waals surface area contributed by atoms with Crippen LogP contribution in [0.15, 0.2) is 6.07 Å². The molecule has 0 amide bonds. The van der Waals surface area contributed by atoms with Crippen LogP contribution in [0.5, 0.6) is 0 Å². The second kappa shape index (κ2) is 6.29. The summed E-state index contributed by atoms with van der Waals surface area (Å²) in [7, 11) is -0.143. The third kappa shape index (κ3) is 4.76. The maximum Gasteiger partial charge on any atom is 0.223 e. The van der Waals surface area contributed by atoms with Crippen molar-refractivity contribution in [3.8, 4) is 0 Å². The lowest BCUT2D eigenvalue weighted by Gasteiger charge is -2.12. The van der Waals surface area contributed by atoms with E-state index in [2.05, 4.69) is 29.1 Å². The Morgan fingerprint density at radius 3 is 2.47 bits per heavy atom. The predicted molar refractivity (Wildman–Crippen MR) is 76.8 cm³/mol. The van der Waals surface area contributed by atoms with Gasteiger partial charge in [-0.2, -0.15) is 0 Å².